The SMILES string of the molecule is CC(C)(C)[Si](C)(C)Oc1ccc(Nc2ccc(F)c(Cl)c2)cc1. The van der Waals surface area contributed by atoms with E-state index < -0.39 is 14.1 Å². The van der Waals surface area contributed by atoms with Crippen molar-refractivity contribution in [2.24, 2.45) is 0 Å². The van der Waals surface area contributed by atoms with Gasteiger partial charge in [-0.25, -0.2) is 4.39 Å². The van der Waals surface area contributed by atoms with E-state index >= 15 is 0 Å². The van der Waals surface area contributed by atoms with Crippen LogP contribution in [0, 0.1) is 5.82 Å². The van der Waals surface area contributed by atoms with Crippen LogP contribution in [0.2, 0.25) is 23.2 Å². The summed E-state index contributed by atoms with van der Waals surface area (Å²) in [6, 6.07) is 12.4. The van der Waals surface area contributed by atoms with Crippen LogP contribution in [0.1, 0.15) is 20.8 Å². The van der Waals surface area contributed by atoms with Crippen molar-refractivity contribution in [2.45, 2.75) is 38.9 Å². The highest BCUT2D eigenvalue weighted by Gasteiger charge is 2.38. The highest BCUT2D eigenvalue weighted by atomic mass is 35.5. The van der Waals surface area contributed by atoms with Crippen LogP contribution in [0.4, 0.5) is 15.8 Å². The molecule has 2 nitrogen and oxygen atoms in total. The second kappa shape index (κ2) is 6.54. The molecule has 0 aliphatic carbocycles. The molecule has 0 saturated carbocycles. The molecule has 0 fully saturated rings. The van der Waals surface area contributed by atoms with Crippen LogP contribution in [-0.2, 0) is 0 Å². The van der Waals surface area contributed by atoms with Crippen molar-refractivity contribution in [3.05, 3.63) is 53.3 Å². The fourth-order valence-electron chi connectivity index (χ4n) is 1.79. The maximum absolute atomic E-state index is 13.2. The average molecular weight is 352 g/mol. The minimum atomic E-state index is -1.83. The van der Waals surface area contributed by atoms with Gasteiger partial charge in [0.05, 0.1) is 5.02 Å². The Morgan fingerprint density at radius 3 is 2.09 bits per heavy atom. The standard InChI is InChI=1S/C18H23ClFNOSi/c1-18(2,3)23(4,5)22-15-9-6-13(7-10-15)21-14-8-11-17(20)16(19)12-14/h6-12,21H,1-5H3. The van der Waals surface area contributed by atoms with E-state index in [1.807, 2.05) is 24.3 Å². The second-order valence-corrected chi connectivity index (χ2v) is 12.3. The molecule has 124 valence electrons. The first-order valence-corrected chi connectivity index (χ1v) is 10.9. The lowest BCUT2D eigenvalue weighted by Crippen LogP contribution is -2.43. The lowest BCUT2D eigenvalue weighted by atomic mass is 10.2. The minimum Gasteiger partial charge on any atom is -0.544 e. The van der Waals surface area contributed by atoms with Crippen LogP contribution < -0.4 is 9.74 Å². The van der Waals surface area contributed by atoms with Crippen molar-refractivity contribution in [3.8, 4) is 5.75 Å². The Kier molecular flexibility index (Phi) is 5.06. The van der Waals surface area contributed by atoms with Gasteiger partial charge in [-0.15, -0.1) is 0 Å². The van der Waals surface area contributed by atoms with Gasteiger partial charge in [0.25, 0.3) is 0 Å². The summed E-state index contributed by atoms with van der Waals surface area (Å²) in [4.78, 5) is 0. The summed E-state index contributed by atoms with van der Waals surface area (Å²) in [5.74, 6) is 0.453. The van der Waals surface area contributed by atoms with Gasteiger partial charge in [0.2, 0.25) is 8.32 Å². The normalized spacial score (nSPS) is 12.1. The number of benzene rings is 2. The van der Waals surface area contributed by atoms with Crippen molar-refractivity contribution < 1.29 is 8.82 Å². The Balaban J connectivity index is 2.09. The summed E-state index contributed by atoms with van der Waals surface area (Å²) in [5.41, 5.74) is 1.64. The fraction of sp³-hybridized carbons (Fsp3) is 0.333. The molecule has 0 aliphatic rings. The molecule has 23 heavy (non-hydrogen) atoms. The molecule has 0 radical (unpaired) electrons. The molecular formula is C18H23ClFNOSi. The van der Waals surface area contributed by atoms with Crippen LogP contribution in [-0.4, -0.2) is 8.32 Å². The largest absolute Gasteiger partial charge is 0.544 e. The average Bonchev–Trinajstić information content (AvgIpc) is 2.43. The van der Waals surface area contributed by atoms with Gasteiger partial charge in [-0.05, 0) is 60.6 Å². The first-order valence-electron chi connectivity index (χ1n) is 7.60. The molecule has 0 bridgehead atoms. The van der Waals surface area contributed by atoms with E-state index in [1.165, 1.54) is 6.07 Å². The van der Waals surface area contributed by atoms with Crippen molar-refractivity contribution >= 4 is 31.3 Å². The summed E-state index contributed by atoms with van der Waals surface area (Å²) >= 11 is 5.79. The summed E-state index contributed by atoms with van der Waals surface area (Å²) in [7, 11) is -1.83. The molecule has 0 amide bonds. The molecule has 2 aromatic carbocycles. The third-order valence-electron chi connectivity index (χ3n) is 4.24. The predicted octanol–water partition coefficient (Wildman–Crippen LogP) is 6.61. The molecule has 0 heterocycles. The Morgan fingerprint density at radius 1 is 1.00 bits per heavy atom. The Bertz CT molecular complexity index is 680. The molecule has 5 heteroatoms. The molecule has 0 aliphatic heterocycles. The van der Waals surface area contributed by atoms with E-state index in [9.17, 15) is 4.39 Å². The molecule has 1 N–H and O–H groups in total. The van der Waals surface area contributed by atoms with Crippen LogP contribution in [0.5, 0.6) is 5.75 Å². The zero-order valence-electron chi connectivity index (χ0n) is 14.2. The number of halogens is 2. The summed E-state index contributed by atoms with van der Waals surface area (Å²) in [6.45, 7) is 11.1. The molecule has 2 rings (SSSR count). The van der Waals surface area contributed by atoms with Gasteiger partial charge in [-0.1, -0.05) is 32.4 Å². The minimum absolute atomic E-state index is 0.105. The quantitative estimate of drug-likeness (QED) is 0.626. The van der Waals surface area contributed by atoms with E-state index in [-0.39, 0.29) is 10.1 Å². The Hall–Kier alpha value is -1.52. The lowest BCUT2D eigenvalue weighted by molar-refractivity contribution is 0.492. The molecule has 0 atom stereocenters. The monoisotopic (exact) mass is 351 g/mol. The van der Waals surface area contributed by atoms with Gasteiger partial charge in [0.15, 0.2) is 0 Å². The fourth-order valence-corrected chi connectivity index (χ4v) is 3.01. The number of hydrogen-bond acceptors (Lipinski definition) is 2. The van der Waals surface area contributed by atoms with Crippen LogP contribution >= 0.6 is 11.6 Å². The molecule has 0 spiro atoms. The van der Waals surface area contributed by atoms with E-state index in [4.69, 9.17) is 16.0 Å². The van der Waals surface area contributed by atoms with E-state index in [1.54, 1.807) is 12.1 Å². The van der Waals surface area contributed by atoms with Crippen molar-refractivity contribution in [2.75, 3.05) is 5.32 Å². The number of anilines is 2. The van der Waals surface area contributed by atoms with Crippen molar-refractivity contribution in [1.82, 2.24) is 0 Å². The van der Waals surface area contributed by atoms with E-state index in [2.05, 4.69) is 39.2 Å². The highest BCUT2D eigenvalue weighted by molar-refractivity contribution is 6.74. The van der Waals surface area contributed by atoms with Crippen molar-refractivity contribution in [3.63, 3.8) is 0 Å². The number of rotatable bonds is 4. The Morgan fingerprint density at radius 2 is 1.57 bits per heavy atom. The third-order valence-corrected chi connectivity index (χ3v) is 8.89. The first-order chi connectivity index (χ1) is 10.6. The maximum Gasteiger partial charge on any atom is 0.250 e. The van der Waals surface area contributed by atoms with Gasteiger partial charge in [0.1, 0.15) is 11.6 Å². The first kappa shape index (κ1) is 17.8. The Labute approximate surface area is 143 Å². The number of hydrogen-bond donors (Lipinski definition) is 1. The molecule has 0 aromatic heterocycles. The molecule has 0 unspecified atom stereocenters. The van der Waals surface area contributed by atoms with E-state index in [0.29, 0.717) is 0 Å². The van der Waals surface area contributed by atoms with Crippen LogP contribution in [0.15, 0.2) is 42.5 Å². The van der Waals surface area contributed by atoms with Crippen LogP contribution in [0.25, 0.3) is 0 Å². The summed E-state index contributed by atoms with van der Waals surface area (Å²) in [5, 5.41) is 3.46. The molecule has 2 aromatic rings. The number of nitrogens with one attached hydrogen (secondary N) is 1. The lowest BCUT2D eigenvalue weighted by Gasteiger charge is -2.36. The third kappa shape index (κ3) is 4.49. The van der Waals surface area contributed by atoms with Gasteiger partial charge in [-0.3, -0.25) is 0 Å². The molecule has 0 saturated heterocycles. The van der Waals surface area contributed by atoms with E-state index in [0.717, 1.165) is 17.1 Å². The maximum atomic E-state index is 13.2. The van der Waals surface area contributed by atoms with Gasteiger partial charge in [-0.2, -0.15) is 0 Å². The molecular weight excluding hydrogens is 329 g/mol. The topological polar surface area (TPSA) is 21.3 Å². The van der Waals surface area contributed by atoms with Gasteiger partial charge in [0, 0.05) is 11.4 Å². The smallest absolute Gasteiger partial charge is 0.250 e. The summed E-state index contributed by atoms with van der Waals surface area (Å²) in [6.07, 6.45) is 0. The van der Waals surface area contributed by atoms with Gasteiger partial charge >= 0.3 is 0 Å². The van der Waals surface area contributed by atoms with Gasteiger partial charge < -0.3 is 9.74 Å². The predicted molar refractivity (Wildman–Crippen MR) is 99.0 cm³/mol. The van der Waals surface area contributed by atoms with Crippen molar-refractivity contribution in [1.29, 1.82) is 0 Å². The summed E-state index contributed by atoms with van der Waals surface area (Å²) < 4.78 is 19.4. The second-order valence-electron chi connectivity index (χ2n) is 7.14. The van der Waals surface area contributed by atoms with Crippen LogP contribution in [0.3, 0.4) is 0 Å². The zero-order chi connectivity index (χ0) is 17.3. The zero-order valence-corrected chi connectivity index (χ0v) is 16.0. The highest BCUT2D eigenvalue weighted by Crippen LogP contribution is 2.37.